The summed E-state index contributed by atoms with van der Waals surface area (Å²) >= 11 is 0. The predicted molar refractivity (Wildman–Crippen MR) is 92.6 cm³/mol. The van der Waals surface area contributed by atoms with Crippen molar-refractivity contribution in [1.29, 1.82) is 0 Å². The molecule has 3 atom stereocenters. The Kier molecular flexibility index (Phi) is 4.24. The quantitative estimate of drug-likeness (QED) is 0.922. The summed E-state index contributed by atoms with van der Waals surface area (Å²) in [6, 6.07) is 2.02. The third kappa shape index (κ3) is 3.37. The van der Waals surface area contributed by atoms with Crippen molar-refractivity contribution in [3.05, 3.63) is 29.9 Å². The van der Waals surface area contributed by atoms with Crippen LogP contribution in [-0.2, 0) is 4.74 Å². The molecule has 0 aromatic carbocycles. The number of alkyl carbamates (subject to hydrolysis) is 1. The Bertz CT molecular complexity index is 665. The van der Waals surface area contributed by atoms with Crippen molar-refractivity contribution in [2.45, 2.75) is 52.2 Å². The minimum atomic E-state index is -0.480. The van der Waals surface area contributed by atoms with Crippen molar-refractivity contribution in [3.63, 3.8) is 0 Å². The summed E-state index contributed by atoms with van der Waals surface area (Å²) in [7, 11) is 1.98. The SMILES string of the molecule is Cc1cc(N(C)/C=C2\C3CCC3[C@H]2NC(=O)OC(C)(C)C)ncn1. The molecule has 0 aliphatic heterocycles. The fourth-order valence-corrected chi connectivity index (χ4v) is 3.42. The third-order valence-electron chi connectivity index (χ3n) is 4.71. The first-order chi connectivity index (χ1) is 11.2. The van der Waals surface area contributed by atoms with E-state index in [1.54, 1.807) is 6.33 Å². The van der Waals surface area contributed by atoms with E-state index in [-0.39, 0.29) is 12.1 Å². The van der Waals surface area contributed by atoms with E-state index in [0.717, 1.165) is 11.5 Å². The number of rotatable bonds is 3. The molecule has 1 N–H and O–H groups in total. The van der Waals surface area contributed by atoms with Crippen LogP contribution in [0.1, 0.15) is 39.3 Å². The predicted octanol–water partition coefficient (Wildman–Crippen LogP) is 3.04. The van der Waals surface area contributed by atoms with Gasteiger partial charge in [-0.25, -0.2) is 14.8 Å². The molecule has 0 radical (unpaired) electrons. The minimum absolute atomic E-state index is 0.0731. The standard InChI is InChI=1S/C18H26N4O2/c1-11-8-15(20-10-19-11)22(5)9-14-12-6-7-13(12)16(14)21-17(23)24-18(2,3)4/h8-10,12-13,16H,6-7H2,1-5H3,(H,21,23)/b14-9+/t12?,13?,16-/m1/s1. The minimum Gasteiger partial charge on any atom is -0.444 e. The van der Waals surface area contributed by atoms with Crippen LogP contribution < -0.4 is 10.2 Å². The van der Waals surface area contributed by atoms with Gasteiger partial charge in [0, 0.05) is 25.0 Å². The number of ether oxygens (including phenoxy) is 1. The second kappa shape index (κ2) is 6.07. The fourth-order valence-electron chi connectivity index (χ4n) is 3.42. The van der Waals surface area contributed by atoms with E-state index in [4.69, 9.17) is 4.74 Å². The molecule has 2 aliphatic carbocycles. The van der Waals surface area contributed by atoms with Crippen LogP contribution in [0.25, 0.3) is 0 Å². The lowest BCUT2D eigenvalue weighted by molar-refractivity contribution is 0.0320. The number of hydrogen-bond donors (Lipinski definition) is 1. The van der Waals surface area contributed by atoms with Gasteiger partial charge >= 0.3 is 6.09 Å². The van der Waals surface area contributed by atoms with E-state index < -0.39 is 5.60 Å². The second-order valence-electron chi connectivity index (χ2n) is 7.73. The summed E-state index contributed by atoms with van der Waals surface area (Å²) in [5.74, 6) is 1.98. The summed E-state index contributed by atoms with van der Waals surface area (Å²) in [4.78, 5) is 22.5. The van der Waals surface area contributed by atoms with Gasteiger partial charge in [0.2, 0.25) is 0 Å². The van der Waals surface area contributed by atoms with Gasteiger partial charge in [0.15, 0.2) is 0 Å². The Morgan fingerprint density at radius 3 is 2.71 bits per heavy atom. The van der Waals surface area contributed by atoms with Crippen LogP contribution in [0.5, 0.6) is 0 Å². The zero-order valence-electron chi connectivity index (χ0n) is 15.0. The van der Waals surface area contributed by atoms with Crippen LogP contribution in [0.15, 0.2) is 24.2 Å². The number of nitrogens with one attached hydrogen (secondary N) is 1. The lowest BCUT2D eigenvalue weighted by atomic mass is 9.53. The summed E-state index contributed by atoms with van der Waals surface area (Å²) in [6.07, 6.45) is 5.69. The van der Waals surface area contributed by atoms with Crippen molar-refractivity contribution >= 4 is 11.9 Å². The van der Waals surface area contributed by atoms with Crippen molar-refractivity contribution in [1.82, 2.24) is 15.3 Å². The normalized spacial score (nSPS) is 26.9. The molecule has 1 heterocycles. The highest BCUT2D eigenvalue weighted by Crippen LogP contribution is 2.54. The molecule has 6 nitrogen and oxygen atoms in total. The van der Waals surface area contributed by atoms with Crippen LogP contribution >= 0.6 is 0 Å². The Labute approximate surface area is 143 Å². The first-order valence-electron chi connectivity index (χ1n) is 8.47. The Hall–Kier alpha value is -2.11. The van der Waals surface area contributed by atoms with Crippen LogP contribution in [0.2, 0.25) is 0 Å². The van der Waals surface area contributed by atoms with E-state index in [0.29, 0.717) is 11.8 Å². The van der Waals surface area contributed by atoms with Crippen LogP contribution in [-0.4, -0.2) is 34.8 Å². The highest BCUT2D eigenvalue weighted by molar-refractivity contribution is 5.69. The van der Waals surface area contributed by atoms with Gasteiger partial charge in [-0.1, -0.05) is 0 Å². The topological polar surface area (TPSA) is 67.4 Å². The molecule has 3 rings (SSSR count). The van der Waals surface area contributed by atoms with Gasteiger partial charge in [0.25, 0.3) is 0 Å². The molecule has 130 valence electrons. The molecule has 24 heavy (non-hydrogen) atoms. The number of anilines is 1. The zero-order chi connectivity index (χ0) is 17.5. The Morgan fingerprint density at radius 1 is 1.38 bits per heavy atom. The van der Waals surface area contributed by atoms with Gasteiger partial charge in [0.1, 0.15) is 17.7 Å². The van der Waals surface area contributed by atoms with Crippen molar-refractivity contribution in [2.75, 3.05) is 11.9 Å². The fraction of sp³-hybridized carbons (Fsp3) is 0.611. The number of carbonyl (C=O) groups excluding carboxylic acids is 1. The van der Waals surface area contributed by atoms with Gasteiger partial charge in [-0.05, 0) is 57.9 Å². The number of carbonyl (C=O) groups is 1. The molecule has 0 saturated heterocycles. The van der Waals surface area contributed by atoms with Crippen LogP contribution in [0, 0.1) is 18.8 Å². The van der Waals surface area contributed by atoms with E-state index in [1.807, 2.05) is 45.7 Å². The largest absolute Gasteiger partial charge is 0.444 e. The molecule has 0 bridgehead atoms. The maximum atomic E-state index is 12.1. The summed E-state index contributed by atoms with van der Waals surface area (Å²) < 4.78 is 5.39. The average Bonchev–Trinajstić information content (AvgIpc) is 2.43. The maximum absolute atomic E-state index is 12.1. The molecule has 2 unspecified atom stereocenters. The number of hydrogen-bond acceptors (Lipinski definition) is 5. The Morgan fingerprint density at radius 2 is 2.12 bits per heavy atom. The summed E-state index contributed by atoms with van der Waals surface area (Å²) in [6.45, 7) is 7.58. The zero-order valence-corrected chi connectivity index (χ0v) is 15.0. The van der Waals surface area contributed by atoms with Crippen molar-refractivity contribution in [2.24, 2.45) is 11.8 Å². The average molecular weight is 330 g/mol. The van der Waals surface area contributed by atoms with Gasteiger partial charge in [-0.3, -0.25) is 0 Å². The molecule has 2 saturated carbocycles. The maximum Gasteiger partial charge on any atom is 0.408 e. The highest BCUT2D eigenvalue weighted by Gasteiger charge is 2.52. The molecule has 1 aromatic rings. The van der Waals surface area contributed by atoms with Crippen LogP contribution in [0.4, 0.5) is 10.6 Å². The smallest absolute Gasteiger partial charge is 0.408 e. The first-order valence-corrected chi connectivity index (χ1v) is 8.47. The monoisotopic (exact) mass is 330 g/mol. The first kappa shape index (κ1) is 16.7. The van der Waals surface area contributed by atoms with Crippen molar-refractivity contribution < 1.29 is 9.53 Å². The third-order valence-corrected chi connectivity index (χ3v) is 4.71. The van der Waals surface area contributed by atoms with E-state index in [2.05, 4.69) is 21.5 Å². The van der Waals surface area contributed by atoms with Gasteiger partial charge in [-0.15, -0.1) is 0 Å². The highest BCUT2D eigenvalue weighted by atomic mass is 16.6. The number of amides is 1. The van der Waals surface area contributed by atoms with E-state index in [9.17, 15) is 4.79 Å². The van der Waals surface area contributed by atoms with Gasteiger partial charge in [-0.2, -0.15) is 0 Å². The molecule has 0 spiro atoms. The van der Waals surface area contributed by atoms with E-state index in [1.165, 1.54) is 18.4 Å². The molecule has 2 aliphatic rings. The van der Waals surface area contributed by atoms with E-state index >= 15 is 0 Å². The Balaban J connectivity index is 1.70. The molecule has 6 heteroatoms. The number of fused-ring (bicyclic) bond motifs is 1. The lowest BCUT2D eigenvalue weighted by Crippen LogP contribution is -2.60. The molecule has 2 fully saturated rings. The van der Waals surface area contributed by atoms with Crippen molar-refractivity contribution in [3.8, 4) is 0 Å². The number of nitrogens with zero attached hydrogens (tertiary/aromatic N) is 3. The van der Waals surface area contributed by atoms with Gasteiger partial charge in [0.05, 0.1) is 6.04 Å². The van der Waals surface area contributed by atoms with Gasteiger partial charge < -0.3 is 15.0 Å². The number of aromatic nitrogens is 2. The molecular formula is C18H26N4O2. The van der Waals surface area contributed by atoms with Crippen LogP contribution in [0.3, 0.4) is 0 Å². The lowest BCUT2D eigenvalue weighted by Gasteiger charge is -2.55. The molecular weight excluding hydrogens is 304 g/mol. The summed E-state index contributed by atoms with van der Waals surface area (Å²) in [5, 5.41) is 3.03. The molecule has 1 aromatic heterocycles. The summed E-state index contributed by atoms with van der Waals surface area (Å²) in [5.41, 5.74) is 1.71. The molecule has 1 amide bonds. The number of aryl methyl sites for hydroxylation is 1. The second-order valence-corrected chi connectivity index (χ2v) is 7.73.